The molecule has 0 saturated carbocycles. The van der Waals surface area contributed by atoms with E-state index in [1.54, 1.807) is 22.4 Å². The van der Waals surface area contributed by atoms with Crippen LogP contribution in [0.15, 0.2) is 38.5 Å². The molecule has 0 N–H and O–H groups in total. The van der Waals surface area contributed by atoms with Crippen LogP contribution in [0.4, 0.5) is 0 Å². The van der Waals surface area contributed by atoms with E-state index in [1.807, 2.05) is 0 Å². The van der Waals surface area contributed by atoms with Crippen molar-refractivity contribution in [2.45, 2.75) is 22.8 Å². The van der Waals surface area contributed by atoms with Crippen LogP contribution in [0.2, 0.25) is 0 Å². The molecule has 1 spiro atoms. The fourth-order valence-corrected chi connectivity index (χ4v) is 6.21. The number of nitrogens with zero attached hydrogens (tertiary/aromatic N) is 3. The first kappa shape index (κ1) is 16.7. The van der Waals surface area contributed by atoms with Gasteiger partial charge in [-0.15, -0.1) is 11.3 Å². The summed E-state index contributed by atoms with van der Waals surface area (Å²) in [5.74, 6) is -0.0515. The van der Waals surface area contributed by atoms with E-state index in [-0.39, 0.29) is 11.7 Å². The average Bonchev–Trinajstić information content (AvgIpc) is 3.36. The number of carbonyl (C=O) groups is 1. The number of amides is 1. The van der Waals surface area contributed by atoms with E-state index in [4.69, 9.17) is 9.26 Å². The molecule has 0 radical (unpaired) electrons. The Bertz CT molecular complexity index is 840. The summed E-state index contributed by atoms with van der Waals surface area (Å²) in [5.41, 5.74) is -0.874. The number of ether oxygens (including phenoxy) is 1. The summed E-state index contributed by atoms with van der Waals surface area (Å²) in [6.45, 7) is 1.49. The summed E-state index contributed by atoms with van der Waals surface area (Å²) in [6.07, 6.45) is 2.28. The van der Waals surface area contributed by atoms with E-state index in [9.17, 15) is 13.2 Å². The molecule has 4 heterocycles. The third kappa shape index (κ3) is 2.78. The van der Waals surface area contributed by atoms with Crippen molar-refractivity contribution in [1.82, 2.24) is 14.4 Å². The second-order valence-corrected chi connectivity index (χ2v) is 9.01. The summed E-state index contributed by atoms with van der Waals surface area (Å²) < 4.78 is 38.4. The van der Waals surface area contributed by atoms with Crippen molar-refractivity contribution in [3.63, 3.8) is 0 Å². The second-order valence-electron chi connectivity index (χ2n) is 5.97. The summed E-state index contributed by atoms with van der Waals surface area (Å²) in [5, 5.41) is 5.29. The number of likely N-dealkylation sites (tertiary alicyclic amines) is 1. The molecule has 8 nitrogen and oxygen atoms in total. The minimum absolute atomic E-state index is 0.186. The lowest BCUT2D eigenvalue weighted by molar-refractivity contribution is -0.0859. The largest absolute Gasteiger partial charge is 0.358 e. The van der Waals surface area contributed by atoms with Crippen LogP contribution in [-0.4, -0.2) is 60.7 Å². The molecule has 0 aromatic carbocycles. The van der Waals surface area contributed by atoms with Gasteiger partial charge in [-0.2, -0.15) is 4.31 Å². The lowest BCUT2D eigenvalue weighted by atomic mass is 10.0. The molecule has 10 heteroatoms. The van der Waals surface area contributed by atoms with Crippen LogP contribution in [0.1, 0.15) is 23.4 Å². The summed E-state index contributed by atoms with van der Waals surface area (Å²) in [7, 11) is -3.59. The molecule has 2 aliphatic rings. The van der Waals surface area contributed by atoms with Crippen molar-refractivity contribution >= 4 is 27.3 Å². The Morgan fingerprint density at radius 2 is 2.04 bits per heavy atom. The van der Waals surface area contributed by atoms with Crippen molar-refractivity contribution in [1.29, 1.82) is 0 Å². The van der Waals surface area contributed by atoms with Crippen molar-refractivity contribution < 1.29 is 22.5 Å². The van der Waals surface area contributed by atoms with Crippen LogP contribution in [0.25, 0.3) is 0 Å². The van der Waals surface area contributed by atoms with Crippen LogP contribution in [0.3, 0.4) is 0 Å². The highest BCUT2D eigenvalue weighted by Gasteiger charge is 2.51. The molecule has 4 rings (SSSR count). The molecule has 25 heavy (non-hydrogen) atoms. The van der Waals surface area contributed by atoms with Gasteiger partial charge in [0.05, 0.1) is 12.8 Å². The standard InChI is InChI=1S/C15H17N3O5S2/c19-14(12-3-6-16-23-12)17-7-4-15(5-8-17)18(9-10-22-15)25(20,21)13-2-1-11-24-13/h1-3,6,11H,4-5,7-10H2. The van der Waals surface area contributed by atoms with Crippen molar-refractivity contribution in [3.8, 4) is 0 Å². The Morgan fingerprint density at radius 1 is 1.24 bits per heavy atom. The van der Waals surface area contributed by atoms with Crippen LogP contribution < -0.4 is 0 Å². The predicted molar refractivity (Wildman–Crippen MR) is 88.5 cm³/mol. The van der Waals surface area contributed by atoms with E-state index in [2.05, 4.69) is 5.16 Å². The van der Waals surface area contributed by atoms with Gasteiger partial charge in [0.25, 0.3) is 15.9 Å². The molecule has 0 unspecified atom stereocenters. The molecule has 0 atom stereocenters. The molecule has 2 saturated heterocycles. The molecular weight excluding hydrogens is 366 g/mol. The first-order chi connectivity index (χ1) is 12.0. The van der Waals surface area contributed by atoms with Crippen LogP contribution in [0.5, 0.6) is 0 Å². The Morgan fingerprint density at radius 3 is 2.68 bits per heavy atom. The number of rotatable bonds is 3. The Kier molecular flexibility index (Phi) is 4.14. The van der Waals surface area contributed by atoms with Gasteiger partial charge in [-0.05, 0) is 11.4 Å². The first-order valence-electron chi connectivity index (χ1n) is 7.93. The maximum Gasteiger partial charge on any atom is 0.292 e. The molecule has 2 aliphatic heterocycles. The van der Waals surface area contributed by atoms with Gasteiger partial charge in [-0.3, -0.25) is 4.79 Å². The van der Waals surface area contributed by atoms with Crippen molar-refractivity contribution in [2.75, 3.05) is 26.2 Å². The SMILES string of the molecule is O=C(c1ccno1)N1CCC2(CC1)OCCN2S(=O)(=O)c1cccs1. The maximum absolute atomic E-state index is 12.9. The first-order valence-corrected chi connectivity index (χ1v) is 10.3. The molecule has 0 bridgehead atoms. The van der Waals surface area contributed by atoms with Gasteiger partial charge in [0.1, 0.15) is 9.93 Å². The van der Waals surface area contributed by atoms with Gasteiger partial charge in [0, 0.05) is 38.5 Å². The van der Waals surface area contributed by atoms with Gasteiger partial charge in [-0.1, -0.05) is 11.2 Å². The number of hydrogen-bond donors (Lipinski definition) is 0. The van der Waals surface area contributed by atoms with Crippen molar-refractivity contribution in [3.05, 3.63) is 35.5 Å². The zero-order valence-corrected chi connectivity index (χ0v) is 15.0. The van der Waals surface area contributed by atoms with Gasteiger partial charge in [0.2, 0.25) is 5.76 Å². The number of carbonyl (C=O) groups excluding carboxylic acids is 1. The number of hydrogen-bond acceptors (Lipinski definition) is 7. The minimum Gasteiger partial charge on any atom is -0.358 e. The Hall–Kier alpha value is -1.75. The number of piperidine rings is 1. The topological polar surface area (TPSA) is 93.0 Å². The highest BCUT2D eigenvalue weighted by Crippen LogP contribution is 2.39. The monoisotopic (exact) mass is 383 g/mol. The minimum atomic E-state index is -3.59. The van der Waals surface area contributed by atoms with E-state index in [1.165, 1.54) is 27.9 Å². The van der Waals surface area contributed by atoms with E-state index in [0.717, 1.165) is 0 Å². The Labute approximate surface area is 149 Å². The fourth-order valence-electron chi connectivity index (χ4n) is 3.39. The second kappa shape index (κ2) is 6.20. The molecule has 134 valence electrons. The van der Waals surface area contributed by atoms with Gasteiger partial charge in [0.15, 0.2) is 0 Å². The smallest absolute Gasteiger partial charge is 0.292 e. The molecular formula is C15H17N3O5S2. The predicted octanol–water partition coefficient (Wildman–Crippen LogP) is 1.39. The quantitative estimate of drug-likeness (QED) is 0.795. The summed E-state index contributed by atoms with van der Waals surface area (Å²) in [6, 6.07) is 4.85. The van der Waals surface area contributed by atoms with E-state index < -0.39 is 15.7 Å². The molecule has 2 aromatic heterocycles. The van der Waals surface area contributed by atoms with Gasteiger partial charge in [-0.25, -0.2) is 8.42 Å². The zero-order chi connectivity index (χ0) is 17.5. The average molecular weight is 383 g/mol. The third-order valence-corrected chi connectivity index (χ3v) is 7.96. The zero-order valence-electron chi connectivity index (χ0n) is 13.3. The summed E-state index contributed by atoms with van der Waals surface area (Å²) in [4.78, 5) is 14.0. The lowest BCUT2D eigenvalue weighted by Crippen LogP contribution is -2.55. The molecule has 0 aliphatic carbocycles. The number of sulfonamides is 1. The molecule has 1 amide bonds. The van der Waals surface area contributed by atoms with E-state index in [0.29, 0.717) is 43.3 Å². The normalized spacial score (nSPS) is 21.0. The lowest BCUT2D eigenvalue weighted by Gasteiger charge is -2.42. The van der Waals surface area contributed by atoms with Crippen LogP contribution in [0, 0.1) is 0 Å². The van der Waals surface area contributed by atoms with Crippen LogP contribution >= 0.6 is 11.3 Å². The van der Waals surface area contributed by atoms with Gasteiger partial charge >= 0.3 is 0 Å². The fraction of sp³-hybridized carbons (Fsp3) is 0.467. The third-order valence-electron chi connectivity index (χ3n) is 4.64. The van der Waals surface area contributed by atoms with Gasteiger partial charge < -0.3 is 14.2 Å². The molecule has 2 aromatic rings. The maximum atomic E-state index is 12.9. The summed E-state index contributed by atoms with van der Waals surface area (Å²) >= 11 is 1.20. The molecule has 2 fully saturated rings. The van der Waals surface area contributed by atoms with Crippen molar-refractivity contribution in [2.24, 2.45) is 0 Å². The van der Waals surface area contributed by atoms with Crippen LogP contribution in [-0.2, 0) is 14.8 Å². The van der Waals surface area contributed by atoms with E-state index >= 15 is 0 Å². The highest BCUT2D eigenvalue weighted by molar-refractivity contribution is 7.91. The highest BCUT2D eigenvalue weighted by atomic mass is 32.2. The number of thiophene rings is 1. The number of aromatic nitrogens is 1. The Balaban J connectivity index is 1.52.